The molecule has 0 radical (unpaired) electrons. The predicted octanol–water partition coefficient (Wildman–Crippen LogP) is -0.751. The van der Waals surface area contributed by atoms with Crippen LogP contribution in [-0.2, 0) is 4.74 Å². The minimum atomic E-state index is -1.45. The van der Waals surface area contributed by atoms with Gasteiger partial charge < -0.3 is 20.1 Å². The molecule has 1 rings (SSSR count). The second kappa shape index (κ2) is 3.63. The van der Waals surface area contributed by atoms with E-state index >= 15 is 0 Å². The molecule has 0 aliphatic carbocycles. The summed E-state index contributed by atoms with van der Waals surface area (Å²) in [5, 5.41) is 30.6. The van der Waals surface area contributed by atoms with Crippen LogP contribution < -0.4 is 0 Å². The van der Waals surface area contributed by atoms with Gasteiger partial charge in [0, 0.05) is 4.91 Å². The van der Waals surface area contributed by atoms with E-state index in [1.54, 1.807) is 0 Å². The molecule has 1 aliphatic rings. The maximum absolute atomic E-state index is 9.22. The minimum absolute atomic E-state index is 0.129. The first kappa shape index (κ1) is 9.82. The number of aliphatic hydroxyl groups excluding tert-OH is 3. The van der Waals surface area contributed by atoms with Gasteiger partial charge in [-0.3, -0.25) is 0 Å². The molecule has 7 nitrogen and oxygen atoms in total. The predicted molar refractivity (Wildman–Crippen MR) is 41.2 cm³/mol. The molecule has 0 saturated carbocycles. The number of hydrogen-bond acceptors (Lipinski definition) is 5. The average molecular weight is 187 g/mol. The van der Waals surface area contributed by atoms with Gasteiger partial charge in [0.2, 0.25) is 6.23 Å². The van der Waals surface area contributed by atoms with Crippen LogP contribution in [-0.4, -0.2) is 39.9 Å². The molecule has 0 aromatic heterocycles. The zero-order chi connectivity index (χ0) is 10.0. The standard InChI is InChI=1S/C6H9N3O4/c1-2-3(10)4(11)5(12)6(13-2)8-9-7/h3-6,10-12H,1H2. The number of azide groups is 1. The lowest BCUT2D eigenvalue weighted by Gasteiger charge is -2.34. The van der Waals surface area contributed by atoms with E-state index in [9.17, 15) is 10.2 Å². The quantitative estimate of drug-likeness (QED) is 0.284. The second-order valence-electron chi connectivity index (χ2n) is 2.61. The molecule has 1 saturated heterocycles. The third-order valence-corrected chi connectivity index (χ3v) is 1.73. The van der Waals surface area contributed by atoms with Crippen LogP contribution in [0.3, 0.4) is 0 Å². The molecule has 0 spiro atoms. The molecular formula is C6H9N3O4. The number of aliphatic hydroxyl groups is 3. The van der Waals surface area contributed by atoms with Crippen molar-refractivity contribution in [3.8, 4) is 0 Å². The molecule has 13 heavy (non-hydrogen) atoms. The van der Waals surface area contributed by atoms with Crippen molar-refractivity contribution in [3.63, 3.8) is 0 Å². The highest BCUT2D eigenvalue weighted by molar-refractivity contribution is 5.04. The lowest BCUT2D eigenvalue weighted by Crippen LogP contribution is -2.50. The normalized spacial score (nSPS) is 39.2. The number of rotatable bonds is 1. The Bertz CT molecular complexity index is 263. The Hall–Kier alpha value is -1.27. The average Bonchev–Trinajstić information content (AvgIpc) is 2.11. The van der Waals surface area contributed by atoms with Crippen LogP contribution in [0.2, 0.25) is 0 Å². The van der Waals surface area contributed by atoms with Crippen LogP contribution in [0, 0.1) is 0 Å². The Labute approximate surface area is 73.5 Å². The Morgan fingerprint density at radius 3 is 2.54 bits per heavy atom. The molecular weight excluding hydrogens is 178 g/mol. The smallest absolute Gasteiger partial charge is 0.205 e. The van der Waals surface area contributed by atoms with E-state index < -0.39 is 24.5 Å². The topological polar surface area (TPSA) is 119 Å². The van der Waals surface area contributed by atoms with Crippen molar-refractivity contribution in [2.75, 3.05) is 0 Å². The number of hydrogen-bond donors (Lipinski definition) is 3. The third-order valence-electron chi connectivity index (χ3n) is 1.73. The highest BCUT2D eigenvalue weighted by Gasteiger charge is 2.39. The molecule has 0 bridgehead atoms. The van der Waals surface area contributed by atoms with E-state index in [1.807, 2.05) is 0 Å². The molecule has 7 heteroatoms. The number of nitrogens with zero attached hydrogens (tertiary/aromatic N) is 3. The van der Waals surface area contributed by atoms with Gasteiger partial charge in [0.1, 0.15) is 24.1 Å². The van der Waals surface area contributed by atoms with Crippen LogP contribution in [0.4, 0.5) is 0 Å². The van der Waals surface area contributed by atoms with Gasteiger partial charge >= 0.3 is 0 Å². The van der Waals surface area contributed by atoms with E-state index in [4.69, 9.17) is 15.4 Å². The molecule has 1 heterocycles. The van der Waals surface area contributed by atoms with Crippen molar-refractivity contribution in [1.82, 2.24) is 0 Å². The number of ether oxygens (including phenoxy) is 1. The van der Waals surface area contributed by atoms with E-state index in [1.165, 1.54) is 0 Å². The molecule has 0 aromatic rings. The Morgan fingerprint density at radius 1 is 1.38 bits per heavy atom. The van der Waals surface area contributed by atoms with Crippen molar-refractivity contribution in [3.05, 3.63) is 22.8 Å². The fourth-order valence-electron chi connectivity index (χ4n) is 0.983. The summed E-state index contributed by atoms with van der Waals surface area (Å²) < 4.78 is 4.75. The summed E-state index contributed by atoms with van der Waals surface area (Å²) in [4.78, 5) is 2.41. The molecule has 4 unspecified atom stereocenters. The molecule has 4 atom stereocenters. The van der Waals surface area contributed by atoms with Crippen molar-refractivity contribution in [1.29, 1.82) is 0 Å². The summed E-state index contributed by atoms with van der Waals surface area (Å²) >= 11 is 0. The second-order valence-corrected chi connectivity index (χ2v) is 2.61. The van der Waals surface area contributed by atoms with Gasteiger partial charge in [0.25, 0.3) is 0 Å². The van der Waals surface area contributed by atoms with E-state index in [2.05, 4.69) is 16.6 Å². The summed E-state index contributed by atoms with van der Waals surface area (Å²) in [6.07, 6.45) is -5.50. The summed E-state index contributed by atoms with van der Waals surface area (Å²) in [5.41, 5.74) is 8.07. The zero-order valence-electron chi connectivity index (χ0n) is 6.61. The Morgan fingerprint density at radius 2 is 2.00 bits per heavy atom. The van der Waals surface area contributed by atoms with Crippen molar-refractivity contribution in [2.45, 2.75) is 24.5 Å². The molecule has 0 aromatic carbocycles. The fourth-order valence-corrected chi connectivity index (χ4v) is 0.983. The Balaban J connectivity index is 2.81. The van der Waals surface area contributed by atoms with Crippen LogP contribution >= 0.6 is 0 Å². The summed E-state index contributed by atoms with van der Waals surface area (Å²) in [7, 11) is 0. The fraction of sp³-hybridized carbons (Fsp3) is 0.667. The highest BCUT2D eigenvalue weighted by Crippen LogP contribution is 2.23. The maximum atomic E-state index is 9.22. The van der Waals surface area contributed by atoms with Gasteiger partial charge in [0.15, 0.2) is 0 Å². The van der Waals surface area contributed by atoms with Gasteiger partial charge in [-0.1, -0.05) is 6.58 Å². The van der Waals surface area contributed by atoms with Gasteiger partial charge in [0.05, 0.1) is 0 Å². The van der Waals surface area contributed by atoms with Crippen molar-refractivity contribution in [2.24, 2.45) is 5.11 Å². The first-order valence-electron chi connectivity index (χ1n) is 3.51. The summed E-state index contributed by atoms with van der Waals surface area (Å²) in [6.45, 7) is 3.29. The minimum Gasteiger partial charge on any atom is -0.484 e. The summed E-state index contributed by atoms with van der Waals surface area (Å²) in [5.74, 6) is -0.129. The SMILES string of the molecule is C=C1OC(N=[N+]=[N-])C(O)C(O)C1O. The molecule has 1 fully saturated rings. The molecule has 1 aliphatic heterocycles. The lowest BCUT2D eigenvalue weighted by atomic mass is 10.0. The molecule has 3 N–H and O–H groups in total. The van der Waals surface area contributed by atoms with Crippen LogP contribution in [0.15, 0.2) is 17.5 Å². The van der Waals surface area contributed by atoms with Gasteiger partial charge in [-0.15, -0.1) is 0 Å². The van der Waals surface area contributed by atoms with Crippen LogP contribution in [0.5, 0.6) is 0 Å². The molecule has 0 amide bonds. The van der Waals surface area contributed by atoms with Crippen LogP contribution in [0.25, 0.3) is 10.4 Å². The summed E-state index contributed by atoms with van der Waals surface area (Å²) in [6, 6.07) is 0. The van der Waals surface area contributed by atoms with E-state index in [0.29, 0.717) is 0 Å². The van der Waals surface area contributed by atoms with E-state index in [0.717, 1.165) is 0 Å². The lowest BCUT2D eigenvalue weighted by molar-refractivity contribution is -0.152. The third kappa shape index (κ3) is 1.73. The van der Waals surface area contributed by atoms with Gasteiger partial charge in [-0.2, -0.15) is 0 Å². The van der Waals surface area contributed by atoms with E-state index in [-0.39, 0.29) is 5.76 Å². The largest absolute Gasteiger partial charge is 0.484 e. The van der Waals surface area contributed by atoms with Gasteiger partial charge in [-0.25, -0.2) is 0 Å². The van der Waals surface area contributed by atoms with Crippen LogP contribution in [0.1, 0.15) is 0 Å². The van der Waals surface area contributed by atoms with Gasteiger partial charge in [-0.05, 0) is 10.6 Å². The monoisotopic (exact) mass is 187 g/mol. The molecule has 72 valence electrons. The zero-order valence-corrected chi connectivity index (χ0v) is 6.61. The van der Waals surface area contributed by atoms with Crippen molar-refractivity contribution >= 4 is 0 Å². The Kier molecular flexibility index (Phi) is 2.74. The highest BCUT2D eigenvalue weighted by atomic mass is 16.5. The maximum Gasteiger partial charge on any atom is 0.205 e. The van der Waals surface area contributed by atoms with Crippen molar-refractivity contribution < 1.29 is 20.1 Å². The first-order chi connectivity index (χ1) is 6.07. The first-order valence-corrected chi connectivity index (χ1v) is 3.51.